The Morgan fingerprint density at radius 2 is 2.00 bits per heavy atom. The Kier molecular flexibility index (Phi) is 4.49. The molecule has 0 aliphatic rings. The van der Waals surface area contributed by atoms with Crippen LogP contribution in [0.15, 0.2) is 36.7 Å². The van der Waals surface area contributed by atoms with E-state index in [2.05, 4.69) is 20.5 Å². The second-order valence-electron chi connectivity index (χ2n) is 5.75. The van der Waals surface area contributed by atoms with E-state index in [1.165, 1.54) is 11.0 Å². The Bertz CT molecular complexity index is 944. The van der Waals surface area contributed by atoms with E-state index in [0.717, 1.165) is 18.2 Å². The first kappa shape index (κ1) is 17.6. The number of anilines is 1. The van der Waals surface area contributed by atoms with Gasteiger partial charge in [-0.1, -0.05) is 29.8 Å². The molecular weight excluding hydrogens is 349 g/mol. The number of carbonyl (C=O) groups excluding carboxylic acids is 1. The van der Waals surface area contributed by atoms with Crippen molar-refractivity contribution >= 4 is 11.9 Å². The number of benzene rings is 1. The lowest BCUT2D eigenvalue weighted by atomic mass is 10.1. The van der Waals surface area contributed by atoms with Crippen LogP contribution < -0.4 is 5.32 Å². The zero-order valence-corrected chi connectivity index (χ0v) is 13.9. The molecule has 1 aromatic carbocycles. The van der Waals surface area contributed by atoms with E-state index < -0.39 is 17.8 Å². The maximum Gasteiger partial charge on any atom is 0.433 e. The summed E-state index contributed by atoms with van der Waals surface area (Å²) in [7, 11) is 1.12. The van der Waals surface area contributed by atoms with Gasteiger partial charge in [-0.15, -0.1) is 5.10 Å². The van der Waals surface area contributed by atoms with E-state index in [4.69, 9.17) is 0 Å². The van der Waals surface area contributed by atoms with Crippen LogP contribution in [0.25, 0.3) is 0 Å². The van der Waals surface area contributed by atoms with Gasteiger partial charge in [-0.05, 0) is 12.5 Å². The monoisotopic (exact) mass is 364 g/mol. The summed E-state index contributed by atoms with van der Waals surface area (Å²) in [6, 6.07) is 8.49. The van der Waals surface area contributed by atoms with Crippen LogP contribution in [0, 0.1) is 6.92 Å². The van der Waals surface area contributed by atoms with Gasteiger partial charge in [0.2, 0.25) is 5.95 Å². The van der Waals surface area contributed by atoms with Crippen LogP contribution in [0.5, 0.6) is 0 Å². The Balaban J connectivity index is 1.70. The van der Waals surface area contributed by atoms with Crippen molar-refractivity contribution in [2.75, 3.05) is 5.32 Å². The van der Waals surface area contributed by atoms with Gasteiger partial charge in [0, 0.05) is 13.1 Å². The lowest BCUT2D eigenvalue weighted by molar-refractivity contribution is -0.143. The molecule has 3 aromatic rings. The summed E-state index contributed by atoms with van der Waals surface area (Å²) in [5.41, 5.74) is 0.731. The SMILES string of the molecule is Cc1cccc(Cn2cnc(NC(=O)c3cc(C(F)(F)F)n(C)n3)n2)c1. The summed E-state index contributed by atoms with van der Waals surface area (Å²) < 4.78 is 40.4. The predicted molar refractivity (Wildman–Crippen MR) is 86.5 cm³/mol. The number of carbonyl (C=O) groups is 1. The molecule has 136 valence electrons. The van der Waals surface area contributed by atoms with Crippen molar-refractivity contribution in [3.8, 4) is 0 Å². The van der Waals surface area contributed by atoms with Gasteiger partial charge in [-0.2, -0.15) is 18.3 Å². The highest BCUT2D eigenvalue weighted by Crippen LogP contribution is 2.29. The minimum atomic E-state index is -4.59. The van der Waals surface area contributed by atoms with Gasteiger partial charge in [0.25, 0.3) is 5.91 Å². The molecule has 0 fully saturated rings. The highest BCUT2D eigenvalue weighted by Gasteiger charge is 2.35. The van der Waals surface area contributed by atoms with Crippen molar-refractivity contribution in [3.63, 3.8) is 0 Å². The molecule has 0 atom stereocenters. The Morgan fingerprint density at radius 3 is 2.65 bits per heavy atom. The molecule has 0 saturated heterocycles. The van der Waals surface area contributed by atoms with Crippen molar-refractivity contribution in [1.29, 1.82) is 0 Å². The molecule has 0 radical (unpaired) electrons. The molecule has 3 rings (SSSR count). The van der Waals surface area contributed by atoms with Crippen molar-refractivity contribution in [3.05, 3.63) is 59.2 Å². The Morgan fingerprint density at radius 1 is 1.23 bits per heavy atom. The fraction of sp³-hybridized carbons (Fsp3) is 0.250. The molecule has 0 aliphatic heterocycles. The number of halogens is 3. The third-order valence-corrected chi connectivity index (χ3v) is 3.59. The van der Waals surface area contributed by atoms with Crippen molar-refractivity contribution in [2.24, 2.45) is 7.05 Å². The normalized spacial score (nSPS) is 11.6. The van der Waals surface area contributed by atoms with Crippen LogP contribution in [0.2, 0.25) is 0 Å². The quantitative estimate of drug-likeness (QED) is 0.772. The van der Waals surface area contributed by atoms with E-state index >= 15 is 0 Å². The first-order chi connectivity index (χ1) is 12.2. The number of hydrogen-bond donors (Lipinski definition) is 1. The molecule has 7 nitrogen and oxygen atoms in total. The number of rotatable bonds is 4. The van der Waals surface area contributed by atoms with E-state index in [-0.39, 0.29) is 11.6 Å². The molecule has 1 N–H and O–H groups in total. The van der Waals surface area contributed by atoms with Crippen molar-refractivity contribution in [1.82, 2.24) is 24.5 Å². The molecule has 0 saturated carbocycles. The van der Waals surface area contributed by atoms with Gasteiger partial charge < -0.3 is 0 Å². The minimum Gasteiger partial charge on any atom is -0.288 e. The molecule has 2 heterocycles. The molecule has 10 heteroatoms. The summed E-state index contributed by atoms with van der Waals surface area (Å²) in [6.45, 7) is 2.42. The molecule has 0 unspecified atom stereocenters. The molecule has 0 aliphatic carbocycles. The Labute approximate surface area is 146 Å². The van der Waals surface area contributed by atoms with Crippen LogP contribution in [-0.2, 0) is 19.8 Å². The Hall–Kier alpha value is -3.17. The number of nitrogens with one attached hydrogen (secondary N) is 1. The maximum atomic E-state index is 12.8. The summed E-state index contributed by atoms with van der Waals surface area (Å²) in [4.78, 5) is 16.0. The van der Waals surface area contributed by atoms with Crippen LogP contribution in [0.4, 0.5) is 19.1 Å². The topological polar surface area (TPSA) is 77.6 Å². The van der Waals surface area contributed by atoms with Gasteiger partial charge in [-0.3, -0.25) is 14.8 Å². The second-order valence-corrected chi connectivity index (χ2v) is 5.75. The van der Waals surface area contributed by atoms with Crippen LogP contribution >= 0.6 is 0 Å². The molecule has 0 bridgehead atoms. The first-order valence-electron chi connectivity index (χ1n) is 7.60. The van der Waals surface area contributed by atoms with E-state index in [1.54, 1.807) is 0 Å². The zero-order chi connectivity index (χ0) is 18.9. The summed E-state index contributed by atoms with van der Waals surface area (Å²) in [5.74, 6) is -0.828. The summed E-state index contributed by atoms with van der Waals surface area (Å²) in [6.07, 6.45) is -3.16. The van der Waals surface area contributed by atoms with Crippen LogP contribution in [0.3, 0.4) is 0 Å². The smallest absolute Gasteiger partial charge is 0.288 e. The number of amides is 1. The van der Waals surface area contributed by atoms with Crippen molar-refractivity contribution < 1.29 is 18.0 Å². The van der Waals surface area contributed by atoms with Crippen LogP contribution in [-0.4, -0.2) is 30.5 Å². The highest BCUT2D eigenvalue weighted by molar-refractivity contribution is 6.01. The third kappa shape index (κ3) is 3.90. The number of aryl methyl sites for hydroxylation is 2. The van der Waals surface area contributed by atoms with Gasteiger partial charge in [0.1, 0.15) is 12.0 Å². The number of alkyl halides is 3. The van der Waals surface area contributed by atoms with Crippen molar-refractivity contribution in [2.45, 2.75) is 19.6 Å². The van der Waals surface area contributed by atoms with Gasteiger partial charge in [-0.25, -0.2) is 9.67 Å². The van der Waals surface area contributed by atoms with Gasteiger partial charge >= 0.3 is 6.18 Å². The highest BCUT2D eigenvalue weighted by atomic mass is 19.4. The molecule has 2 aromatic heterocycles. The fourth-order valence-corrected chi connectivity index (χ4v) is 2.43. The zero-order valence-electron chi connectivity index (χ0n) is 13.9. The second kappa shape index (κ2) is 6.62. The molecule has 26 heavy (non-hydrogen) atoms. The van der Waals surface area contributed by atoms with Gasteiger partial charge in [0.15, 0.2) is 5.69 Å². The lowest BCUT2D eigenvalue weighted by Crippen LogP contribution is -2.14. The van der Waals surface area contributed by atoms with Gasteiger partial charge in [0.05, 0.1) is 6.54 Å². The number of hydrogen-bond acceptors (Lipinski definition) is 4. The number of aromatic nitrogens is 5. The predicted octanol–water partition coefficient (Wildman–Crippen LogP) is 2.64. The summed E-state index contributed by atoms with van der Waals surface area (Å²) in [5, 5.41) is 10.0. The molecule has 1 amide bonds. The van der Waals surface area contributed by atoms with E-state index in [9.17, 15) is 18.0 Å². The molecular formula is C16H15F3N6O. The van der Waals surface area contributed by atoms with E-state index in [0.29, 0.717) is 17.3 Å². The number of nitrogens with zero attached hydrogens (tertiary/aromatic N) is 5. The average Bonchev–Trinajstić information content (AvgIpc) is 3.13. The van der Waals surface area contributed by atoms with E-state index in [1.807, 2.05) is 31.2 Å². The summed E-state index contributed by atoms with van der Waals surface area (Å²) >= 11 is 0. The first-order valence-corrected chi connectivity index (χ1v) is 7.60. The van der Waals surface area contributed by atoms with Crippen LogP contribution in [0.1, 0.15) is 27.3 Å². The molecule has 0 spiro atoms. The lowest BCUT2D eigenvalue weighted by Gasteiger charge is -2.04. The minimum absolute atomic E-state index is 0.0122. The fourth-order valence-electron chi connectivity index (χ4n) is 2.43. The largest absolute Gasteiger partial charge is 0.433 e. The average molecular weight is 364 g/mol. The maximum absolute atomic E-state index is 12.8. The third-order valence-electron chi connectivity index (χ3n) is 3.59. The standard InChI is InChI=1S/C16H15F3N6O/c1-10-4-3-5-11(6-10)8-25-9-20-15(23-25)21-14(26)12-7-13(16(17,18)19)24(2)22-12/h3-7,9H,8H2,1-2H3,(H,21,23,26).